The molecule has 1 aliphatic rings. The van der Waals surface area contributed by atoms with Gasteiger partial charge in [0.25, 0.3) is 0 Å². The van der Waals surface area contributed by atoms with Crippen molar-refractivity contribution in [3.63, 3.8) is 0 Å². The Bertz CT molecular complexity index is 575. The number of para-hydroxylation sites is 1. The number of anilines is 1. The van der Waals surface area contributed by atoms with Crippen molar-refractivity contribution < 1.29 is 8.42 Å². The minimum Gasteiger partial charge on any atom is -0.384 e. The molecular formula is C15H23ClN2O2S. The van der Waals surface area contributed by atoms with Gasteiger partial charge in [-0.05, 0) is 37.3 Å². The molecule has 21 heavy (non-hydrogen) atoms. The van der Waals surface area contributed by atoms with Crippen molar-refractivity contribution in [1.29, 1.82) is 0 Å². The summed E-state index contributed by atoms with van der Waals surface area (Å²) >= 11 is 6.21. The van der Waals surface area contributed by atoms with E-state index >= 15 is 0 Å². The van der Waals surface area contributed by atoms with Crippen LogP contribution in [0.2, 0.25) is 0 Å². The smallest absolute Gasteiger partial charge is 0.244 e. The van der Waals surface area contributed by atoms with Gasteiger partial charge < -0.3 is 5.32 Å². The zero-order chi connectivity index (χ0) is 15.5. The van der Waals surface area contributed by atoms with Gasteiger partial charge in [0.2, 0.25) is 10.0 Å². The van der Waals surface area contributed by atoms with E-state index in [2.05, 4.69) is 5.32 Å². The van der Waals surface area contributed by atoms with Gasteiger partial charge in [-0.1, -0.05) is 18.6 Å². The van der Waals surface area contributed by atoms with Crippen molar-refractivity contribution in [2.45, 2.75) is 36.0 Å². The van der Waals surface area contributed by atoms with E-state index in [0.29, 0.717) is 16.5 Å². The SMILES string of the molecule is CN(C)S(=O)(=O)c1ccccc1NCC1CCCC(Cl)C1. The van der Waals surface area contributed by atoms with E-state index in [9.17, 15) is 8.42 Å². The molecule has 2 unspecified atom stereocenters. The summed E-state index contributed by atoms with van der Waals surface area (Å²) in [6, 6.07) is 7.06. The first-order chi connectivity index (χ1) is 9.91. The molecule has 4 nitrogen and oxygen atoms in total. The highest BCUT2D eigenvalue weighted by Gasteiger charge is 2.23. The number of alkyl halides is 1. The number of nitrogens with one attached hydrogen (secondary N) is 1. The second-order valence-electron chi connectivity index (χ2n) is 5.79. The summed E-state index contributed by atoms with van der Waals surface area (Å²) in [6.07, 6.45) is 4.39. The molecule has 0 heterocycles. The summed E-state index contributed by atoms with van der Waals surface area (Å²) in [4.78, 5) is 0.327. The van der Waals surface area contributed by atoms with Crippen LogP contribution in [-0.4, -0.2) is 38.7 Å². The fourth-order valence-corrected chi connectivity index (χ4v) is 4.17. The van der Waals surface area contributed by atoms with Gasteiger partial charge >= 0.3 is 0 Å². The lowest BCUT2D eigenvalue weighted by Gasteiger charge is -2.26. The van der Waals surface area contributed by atoms with Gasteiger partial charge in [-0.15, -0.1) is 11.6 Å². The molecule has 0 aromatic heterocycles. The van der Waals surface area contributed by atoms with E-state index in [1.54, 1.807) is 26.2 Å². The topological polar surface area (TPSA) is 49.4 Å². The molecule has 1 aromatic carbocycles. The minimum absolute atomic E-state index is 0.256. The maximum atomic E-state index is 12.3. The predicted octanol–water partition coefficient (Wildman–Crippen LogP) is 3.15. The van der Waals surface area contributed by atoms with Crippen LogP contribution in [-0.2, 0) is 10.0 Å². The quantitative estimate of drug-likeness (QED) is 0.844. The van der Waals surface area contributed by atoms with Crippen LogP contribution in [0.25, 0.3) is 0 Å². The summed E-state index contributed by atoms with van der Waals surface area (Å²) in [7, 11) is -0.333. The van der Waals surface area contributed by atoms with E-state index in [0.717, 1.165) is 32.2 Å². The lowest BCUT2D eigenvalue weighted by molar-refractivity contribution is 0.378. The van der Waals surface area contributed by atoms with Crippen molar-refractivity contribution in [2.24, 2.45) is 5.92 Å². The molecule has 0 spiro atoms. The largest absolute Gasteiger partial charge is 0.384 e. The third kappa shape index (κ3) is 4.11. The van der Waals surface area contributed by atoms with Crippen molar-refractivity contribution in [3.05, 3.63) is 24.3 Å². The number of hydrogen-bond donors (Lipinski definition) is 1. The number of halogens is 1. The molecule has 6 heteroatoms. The second kappa shape index (κ2) is 6.99. The van der Waals surface area contributed by atoms with Crippen molar-refractivity contribution in [3.8, 4) is 0 Å². The summed E-state index contributed by atoms with van der Waals surface area (Å²) in [5.74, 6) is 0.511. The Labute approximate surface area is 132 Å². The molecule has 0 saturated heterocycles. The van der Waals surface area contributed by atoms with E-state index in [1.165, 1.54) is 4.31 Å². The standard InChI is InChI=1S/C15H23ClN2O2S/c1-18(2)21(19,20)15-9-4-3-8-14(15)17-11-12-6-5-7-13(16)10-12/h3-4,8-9,12-13,17H,5-7,10-11H2,1-2H3. The van der Waals surface area contributed by atoms with Crippen LogP contribution in [0.15, 0.2) is 29.2 Å². The summed E-state index contributed by atoms with van der Waals surface area (Å²) in [5, 5.41) is 3.56. The molecule has 1 aliphatic carbocycles. The highest BCUT2D eigenvalue weighted by Crippen LogP contribution is 2.29. The van der Waals surface area contributed by atoms with E-state index in [-0.39, 0.29) is 5.38 Å². The third-order valence-electron chi connectivity index (χ3n) is 3.95. The van der Waals surface area contributed by atoms with Gasteiger partial charge in [-0.25, -0.2) is 12.7 Å². The fraction of sp³-hybridized carbons (Fsp3) is 0.600. The second-order valence-corrected chi connectivity index (χ2v) is 8.53. The minimum atomic E-state index is -3.43. The first kappa shape index (κ1) is 16.6. The van der Waals surface area contributed by atoms with Gasteiger partial charge in [0.15, 0.2) is 0 Å². The lowest BCUT2D eigenvalue weighted by Crippen LogP contribution is -2.25. The lowest BCUT2D eigenvalue weighted by atomic mass is 9.89. The van der Waals surface area contributed by atoms with Gasteiger partial charge in [0.1, 0.15) is 4.90 Å². The van der Waals surface area contributed by atoms with Crippen LogP contribution in [0.4, 0.5) is 5.69 Å². The summed E-state index contributed by atoms with van der Waals surface area (Å²) in [6.45, 7) is 0.767. The van der Waals surface area contributed by atoms with Crippen molar-refractivity contribution in [2.75, 3.05) is 26.0 Å². The normalized spacial score (nSPS) is 23.2. The van der Waals surface area contributed by atoms with Gasteiger partial charge in [-0.2, -0.15) is 0 Å². The van der Waals surface area contributed by atoms with Crippen molar-refractivity contribution >= 4 is 27.3 Å². The Morgan fingerprint density at radius 1 is 1.29 bits per heavy atom. The number of nitrogens with zero attached hydrogens (tertiary/aromatic N) is 1. The van der Waals surface area contributed by atoms with E-state index in [1.807, 2.05) is 12.1 Å². The van der Waals surface area contributed by atoms with E-state index in [4.69, 9.17) is 11.6 Å². The average molecular weight is 331 g/mol. The fourth-order valence-electron chi connectivity index (χ4n) is 2.70. The zero-order valence-electron chi connectivity index (χ0n) is 12.5. The first-order valence-corrected chi connectivity index (χ1v) is 9.18. The predicted molar refractivity (Wildman–Crippen MR) is 87.4 cm³/mol. The first-order valence-electron chi connectivity index (χ1n) is 7.30. The molecular weight excluding hydrogens is 308 g/mol. The molecule has 118 valence electrons. The molecule has 1 N–H and O–H groups in total. The van der Waals surface area contributed by atoms with Crippen LogP contribution >= 0.6 is 11.6 Å². The maximum Gasteiger partial charge on any atom is 0.244 e. The highest BCUT2D eigenvalue weighted by atomic mass is 35.5. The van der Waals surface area contributed by atoms with E-state index < -0.39 is 10.0 Å². The van der Waals surface area contributed by atoms with Gasteiger partial charge in [-0.3, -0.25) is 0 Å². The monoisotopic (exact) mass is 330 g/mol. The van der Waals surface area contributed by atoms with Gasteiger partial charge in [0, 0.05) is 26.0 Å². The van der Waals surface area contributed by atoms with Crippen molar-refractivity contribution in [1.82, 2.24) is 4.31 Å². The molecule has 1 saturated carbocycles. The third-order valence-corrected chi connectivity index (χ3v) is 6.22. The summed E-state index contributed by atoms with van der Waals surface area (Å²) in [5.41, 5.74) is 0.669. The molecule has 1 fully saturated rings. The number of hydrogen-bond acceptors (Lipinski definition) is 3. The van der Waals surface area contributed by atoms with Crippen LogP contribution < -0.4 is 5.32 Å². The molecule has 2 atom stereocenters. The molecule has 0 bridgehead atoms. The Balaban J connectivity index is 2.10. The Hall–Kier alpha value is -0.780. The summed E-state index contributed by atoms with van der Waals surface area (Å²) < 4.78 is 25.9. The molecule has 0 amide bonds. The van der Waals surface area contributed by atoms with Crippen LogP contribution in [0.5, 0.6) is 0 Å². The Morgan fingerprint density at radius 3 is 2.67 bits per heavy atom. The highest BCUT2D eigenvalue weighted by molar-refractivity contribution is 7.89. The Morgan fingerprint density at radius 2 is 2.00 bits per heavy atom. The number of benzene rings is 1. The molecule has 0 aliphatic heterocycles. The van der Waals surface area contributed by atoms with Crippen LogP contribution in [0, 0.1) is 5.92 Å². The number of sulfonamides is 1. The molecule has 2 rings (SSSR count). The van der Waals surface area contributed by atoms with Gasteiger partial charge in [0.05, 0.1) is 5.69 Å². The number of rotatable bonds is 5. The van der Waals surface area contributed by atoms with Crippen LogP contribution in [0.3, 0.4) is 0 Å². The average Bonchev–Trinajstić information content (AvgIpc) is 2.45. The Kier molecular flexibility index (Phi) is 5.52. The molecule has 1 aromatic rings. The zero-order valence-corrected chi connectivity index (χ0v) is 14.1. The molecule has 0 radical (unpaired) electrons. The van der Waals surface area contributed by atoms with Crippen LogP contribution in [0.1, 0.15) is 25.7 Å². The maximum absolute atomic E-state index is 12.3.